The normalized spacial score (nSPS) is 9.60. The number of aryl methyl sites for hydroxylation is 1. The van der Waals surface area contributed by atoms with Crippen LogP contribution in [0.25, 0.3) is 5.76 Å². The van der Waals surface area contributed by atoms with Gasteiger partial charge in [0.2, 0.25) is 0 Å². The molecule has 1 aromatic rings. The number of halogens is 2. The van der Waals surface area contributed by atoms with Crippen molar-refractivity contribution in [1.29, 1.82) is 0 Å². The van der Waals surface area contributed by atoms with Crippen molar-refractivity contribution >= 4 is 43.9 Å². The summed E-state index contributed by atoms with van der Waals surface area (Å²) in [5.74, 6) is 0.612. The van der Waals surface area contributed by atoms with Crippen LogP contribution in [0, 0.1) is 6.92 Å². The van der Waals surface area contributed by atoms with Gasteiger partial charge in [-0.15, -0.1) is 0 Å². The Hall–Kier alpha value is -0.610. The summed E-state index contributed by atoms with van der Waals surface area (Å²) in [4.78, 5) is 11.0. The molecule has 80 valence electrons. The summed E-state index contributed by atoms with van der Waals surface area (Å²) in [6, 6.07) is 5.63. The van der Waals surface area contributed by atoms with Crippen molar-refractivity contribution in [2.75, 3.05) is 7.11 Å². The van der Waals surface area contributed by atoms with Crippen LogP contribution in [0.2, 0.25) is 0 Å². The Labute approximate surface area is 106 Å². The molecule has 0 aromatic heterocycles. The van der Waals surface area contributed by atoms with Crippen LogP contribution in [0.5, 0.6) is 0 Å². The maximum absolute atomic E-state index is 11.0. The lowest BCUT2D eigenvalue weighted by molar-refractivity contribution is 0.112. The number of hydrogen-bond donors (Lipinski definition) is 0. The minimum Gasteiger partial charge on any atom is -0.494 e. The molecule has 0 spiro atoms. The van der Waals surface area contributed by atoms with Gasteiger partial charge in [0.1, 0.15) is 9.15 Å². The zero-order valence-corrected chi connectivity index (χ0v) is 11.6. The van der Waals surface area contributed by atoms with Gasteiger partial charge in [-0.3, -0.25) is 4.79 Å². The number of aldehydes is 1. The first-order valence-corrected chi connectivity index (χ1v) is 5.84. The Morgan fingerprint density at radius 3 is 2.53 bits per heavy atom. The first-order valence-electron chi connectivity index (χ1n) is 4.26. The molecule has 0 atom stereocenters. The zero-order chi connectivity index (χ0) is 11.4. The Bertz CT molecular complexity index is 407. The Kier molecular flexibility index (Phi) is 4.54. The summed E-state index contributed by atoms with van der Waals surface area (Å²) in [5, 5.41) is 0. The van der Waals surface area contributed by atoms with Crippen molar-refractivity contribution in [3.8, 4) is 0 Å². The highest BCUT2D eigenvalue weighted by Crippen LogP contribution is 2.30. The third kappa shape index (κ3) is 2.69. The SMILES string of the molecule is COC(=C(Br)Br)c1cccc(C)c1C=O. The molecule has 2 nitrogen and oxygen atoms in total. The number of rotatable bonds is 3. The van der Waals surface area contributed by atoms with Crippen LogP contribution in [0.3, 0.4) is 0 Å². The van der Waals surface area contributed by atoms with Crippen molar-refractivity contribution in [3.63, 3.8) is 0 Å². The average Bonchev–Trinajstić information content (AvgIpc) is 2.18. The van der Waals surface area contributed by atoms with Crippen molar-refractivity contribution in [2.24, 2.45) is 0 Å². The van der Waals surface area contributed by atoms with E-state index in [0.717, 1.165) is 17.4 Å². The molecule has 0 heterocycles. The van der Waals surface area contributed by atoms with Gasteiger partial charge in [-0.05, 0) is 44.3 Å². The molecule has 1 aromatic carbocycles. The van der Waals surface area contributed by atoms with E-state index in [1.807, 2.05) is 25.1 Å². The summed E-state index contributed by atoms with van der Waals surface area (Å²) in [5.41, 5.74) is 2.35. The van der Waals surface area contributed by atoms with Gasteiger partial charge in [0.05, 0.1) is 7.11 Å². The van der Waals surface area contributed by atoms with Gasteiger partial charge < -0.3 is 4.74 Å². The van der Waals surface area contributed by atoms with Gasteiger partial charge in [-0.25, -0.2) is 0 Å². The average molecular weight is 334 g/mol. The predicted molar refractivity (Wildman–Crippen MR) is 68.3 cm³/mol. The van der Waals surface area contributed by atoms with E-state index in [4.69, 9.17) is 4.74 Å². The highest BCUT2D eigenvalue weighted by Gasteiger charge is 2.12. The second-order valence-corrected chi connectivity index (χ2v) is 5.60. The highest BCUT2D eigenvalue weighted by atomic mass is 79.9. The molecule has 0 saturated carbocycles. The number of carbonyl (C=O) groups is 1. The van der Waals surface area contributed by atoms with Crippen LogP contribution in [-0.4, -0.2) is 13.4 Å². The van der Waals surface area contributed by atoms with E-state index < -0.39 is 0 Å². The number of ether oxygens (including phenoxy) is 1. The largest absolute Gasteiger partial charge is 0.494 e. The lowest BCUT2D eigenvalue weighted by atomic mass is 10.0. The fourth-order valence-corrected chi connectivity index (χ4v) is 2.07. The van der Waals surface area contributed by atoms with E-state index in [2.05, 4.69) is 31.9 Å². The van der Waals surface area contributed by atoms with E-state index >= 15 is 0 Å². The zero-order valence-electron chi connectivity index (χ0n) is 8.38. The van der Waals surface area contributed by atoms with Gasteiger partial charge >= 0.3 is 0 Å². The first-order chi connectivity index (χ1) is 7.11. The molecule has 0 aliphatic heterocycles. The monoisotopic (exact) mass is 332 g/mol. The molecule has 0 aliphatic carbocycles. The third-order valence-corrected chi connectivity index (χ3v) is 2.78. The molecule has 15 heavy (non-hydrogen) atoms. The Balaban J connectivity index is 3.43. The quantitative estimate of drug-likeness (QED) is 0.620. The van der Waals surface area contributed by atoms with Gasteiger partial charge in [0, 0.05) is 11.1 Å². The topological polar surface area (TPSA) is 26.3 Å². The molecule has 1 rings (SSSR count). The molecule has 0 bridgehead atoms. The molecular formula is C11H10Br2O2. The Morgan fingerprint density at radius 1 is 1.40 bits per heavy atom. The van der Waals surface area contributed by atoms with Crippen molar-refractivity contribution in [1.82, 2.24) is 0 Å². The lowest BCUT2D eigenvalue weighted by Crippen LogP contribution is -1.97. The van der Waals surface area contributed by atoms with E-state index in [1.165, 1.54) is 0 Å². The number of methoxy groups -OCH3 is 1. The Morgan fingerprint density at radius 2 is 2.07 bits per heavy atom. The minimum absolute atomic E-state index is 0.612. The van der Waals surface area contributed by atoms with E-state index in [1.54, 1.807) is 7.11 Å². The van der Waals surface area contributed by atoms with Crippen LogP contribution >= 0.6 is 31.9 Å². The first kappa shape index (κ1) is 12.5. The molecule has 0 N–H and O–H groups in total. The molecule has 0 unspecified atom stereocenters. The fourth-order valence-electron chi connectivity index (χ4n) is 1.32. The number of hydrogen-bond acceptors (Lipinski definition) is 2. The fraction of sp³-hybridized carbons (Fsp3) is 0.182. The van der Waals surface area contributed by atoms with Crippen LogP contribution in [0.1, 0.15) is 21.5 Å². The van der Waals surface area contributed by atoms with Crippen molar-refractivity contribution in [2.45, 2.75) is 6.92 Å². The second kappa shape index (κ2) is 5.47. The minimum atomic E-state index is 0.612. The number of carbonyl (C=O) groups excluding carboxylic acids is 1. The highest BCUT2D eigenvalue weighted by molar-refractivity contribution is 9.28. The van der Waals surface area contributed by atoms with Gasteiger partial charge in [-0.2, -0.15) is 0 Å². The molecule has 0 aliphatic rings. The van der Waals surface area contributed by atoms with E-state index in [-0.39, 0.29) is 0 Å². The second-order valence-electron chi connectivity index (χ2n) is 2.95. The van der Waals surface area contributed by atoms with Crippen LogP contribution in [-0.2, 0) is 4.74 Å². The summed E-state index contributed by atoms with van der Waals surface area (Å²) < 4.78 is 5.91. The molecule has 0 fully saturated rings. The standard InChI is InChI=1S/C11H10Br2O2/c1-7-4-3-5-8(9(7)6-14)10(15-2)11(12)13/h3-6H,1-2H3. The summed E-state index contributed by atoms with van der Waals surface area (Å²) in [6.45, 7) is 1.89. The van der Waals surface area contributed by atoms with Crippen LogP contribution in [0.15, 0.2) is 21.6 Å². The maximum Gasteiger partial charge on any atom is 0.151 e. The van der Waals surface area contributed by atoms with Gasteiger partial charge in [-0.1, -0.05) is 18.2 Å². The third-order valence-electron chi connectivity index (χ3n) is 2.06. The van der Waals surface area contributed by atoms with Crippen molar-refractivity contribution in [3.05, 3.63) is 38.3 Å². The summed E-state index contributed by atoms with van der Waals surface area (Å²) in [6.07, 6.45) is 0.840. The van der Waals surface area contributed by atoms with E-state index in [0.29, 0.717) is 14.7 Å². The molecule has 0 radical (unpaired) electrons. The predicted octanol–water partition coefficient (Wildman–Crippen LogP) is 3.87. The van der Waals surface area contributed by atoms with Crippen LogP contribution in [0.4, 0.5) is 0 Å². The lowest BCUT2D eigenvalue weighted by Gasteiger charge is -2.10. The molecule has 4 heteroatoms. The van der Waals surface area contributed by atoms with Gasteiger partial charge in [0.15, 0.2) is 6.29 Å². The smallest absolute Gasteiger partial charge is 0.151 e. The summed E-state index contributed by atoms with van der Waals surface area (Å²) in [7, 11) is 1.56. The number of benzene rings is 1. The summed E-state index contributed by atoms with van der Waals surface area (Å²) >= 11 is 6.56. The van der Waals surface area contributed by atoms with Crippen LogP contribution < -0.4 is 0 Å². The molecular weight excluding hydrogens is 324 g/mol. The molecule has 0 amide bonds. The van der Waals surface area contributed by atoms with E-state index in [9.17, 15) is 4.79 Å². The van der Waals surface area contributed by atoms with Crippen molar-refractivity contribution < 1.29 is 9.53 Å². The maximum atomic E-state index is 11.0. The molecule has 0 saturated heterocycles. The van der Waals surface area contributed by atoms with Gasteiger partial charge in [0.25, 0.3) is 0 Å².